The fourth-order valence-electron chi connectivity index (χ4n) is 1.74. The minimum Gasteiger partial charge on any atom is -0.0838 e. The molecular weight excluding hydrogens is 192 g/mol. The number of hydrogen-bond donors (Lipinski definition) is 0. The third-order valence-electron chi connectivity index (χ3n) is 2.22. The SMILES string of the molecule is CC(C)=CC1=C(Cl)/C(=C/C(C)C)CC1. The first kappa shape index (κ1) is 11.6. The van der Waals surface area contributed by atoms with Crippen molar-refractivity contribution in [1.82, 2.24) is 0 Å². The van der Waals surface area contributed by atoms with Gasteiger partial charge in [-0.2, -0.15) is 0 Å². The normalized spacial score (nSPS) is 19.7. The van der Waals surface area contributed by atoms with Crippen molar-refractivity contribution in [3.05, 3.63) is 33.9 Å². The molecule has 1 rings (SSSR count). The van der Waals surface area contributed by atoms with Crippen LogP contribution in [0.1, 0.15) is 40.5 Å². The Morgan fingerprint density at radius 1 is 1.29 bits per heavy atom. The van der Waals surface area contributed by atoms with E-state index in [9.17, 15) is 0 Å². The number of allylic oxidation sites excluding steroid dienone is 6. The van der Waals surface area contributed by atoms with Gasteiger partial charge in [-0.3, -0.25) is 0 Å². The molecule has 0 atom stereocenters. The van der Waals surface area contributed by atoms with E-state index >= 15 is 0 Å². The van der Waals surface area contributed by atoms with Crippen LogP contribution in [0.4, 0.5) is 0 Å². The Morgan fingerprint density at radius 2 is 1.93 bits per heavy atom. The molecule has 0 fully saturated rings. The van der Waals surface area contributed by atoms with E-state index in [1.54, 1.807) is 0 Å². The van der Waals surface area contributed by atoms with Gasteiger partial charge in [0.1, 0.15) is 0 Å². The van der Waals surface area contributed by atoms with Crippen LogP contribution in [0.25, 0.3) is 0 Å². The summed E-state index contributed by atoms with van der Waals surface area (Å²) in [5.74, 6) is 0.588. The summed E-state index contributed by atoms with van der Waals surface area (Å²) in [6.07, 6.45) is 6.68. The van der Waals surface area contributed by atoms with E-state index in [-0.39, 0.29) is 0 Å². The predicted octanol–water partition coefficient (Wildman–Crippen LogP) is 4.82. The molecule has 0 nitrogen and oxygen atoms in total. The molecule has 1 aliphatic rings. The molecule has 1 heteroatoms. The van der Waals surface area contributed by atoms with E-state index in [0.29, 0.717) is 5.92 Å². The van der Waals surface area contributed by atoms with E-state index < -0.39 is 0 Å². The predicted molar refractivity (Wildman–Crippen MR) is 64.5 cm³/mol. The number of halogens is 1. The molecule has 1 aliphatic carbocycles. The molecule has 0 aromatic carbocycles. The second kappa shape index (κ2) is 4.84. The van der Waals surface area contributed by atoms with Gasteiger partial charge in [-0.1, -0.05) is 43.2 Å². The molecule has 0 heterocycles. The van der Waals surface area contributed by atoms with Gasteiger partial charge in [0.05, 0.1) is 0 Å². The summed E-state index contributed by atoms with van der Waals surface area (Å²) >= 11 is 6.30. The van der Waals surface area contributed by atoms with Gasteiger partial charge in [-0.25, -0.2) is 0 Å². The maximum atomic E-state index is 6.30. The fraction of sp³-hybridized carbons (Fsp3) is 0.538. The molecule has 0 saturated carbocycles. The van der Waals surface area contributed by atoms with Crippen LogP contribution in [-0.2, 0) is 0 Å². The van der Waals surface area contributed by atoms with E-state index in [1.807, 2.05) is 0 Å². The average molecular weight is 211 g/mol. The fourth-order valence-corrected chi connectivity index (χ4v) is 2.04. The van der Waals surface area contributed by atoms with Gasteiger partial charge in [0, 0.05) is 5.03 Å². The summed E-state index contributed by atoms with van der Waals surface area (Å²) < 4.78 is 0. The molecule has 0 aromatic heterocycles. The van der Waals surface area contributed by atoms with Gasteiger partial charge in [0.25, 0.3) is 0 Å². The highest BCUT2D eigenvalue weighted by Gasteiger charge is 2.16. The van der Waals surface area contributed by atoms with Crippen LogP contribution in [0.3, 0.4) is 0 Å². The van der Waals surface area contributed by atoms with Crippen LogP contribution in [-0.4, -0.2) is 0 Å². The highest BCUT2D eigenvalue weighted by atomic mass is 35.5. The Balaban J connectivity index is 2.91. The Hall–Kier alpha value is -0.490. The van der Waals surface area contributed by atoms with Crippen molar-refractivity contribution in [3.8, 4) is 0 Å². The zero-order valence-electron chi connectivity index (χ0n) is 9.52. The monoisotopic (exact) mass is 210 g/mol. The molecule has 0 amide bonds. The lowest BCUT2D eigenvalue weighted by Crippen LogP contribution is -1.83. The first-order valence-corrected chi connectivity index (χ1v) is 5.63. The summed E-state index contributed by atoms with van der Waals surface area (Å²) in [7, 11) is 0. The Morgan fingerprint density at radius 3 is 2.43 bits per heavy atom. The molecule has 14 heavy (non-hydrogen) atoms. The van der Waals surface area contributed by atoms with Gasteiger partial charge in [0.2, 0.25) is 0 Å². The molecule has 0 aliphatic heterocycles. The van der Waals surface area contributed by atoms with Crippen molar-refractivity contribution >= 4 is 11.6 Å². The van der Waals surface area contributed by atoms with Crippen molar-refractivity contribution in [1.29, 1.82) is 0 Å². The molecule has 78 valence electrons. The lowest BCUT2D eigenvalue weighted by molar-refractivity contribution is 0.817. The maximum Gasteiger partial charge on any atom is 0.0467 e. The van der Waals surface area contributed by atoms with E-state index in [0.717, 1.165) is 17.9 Å². The topological polar surface area (TPSA) is 0 Å². The van der Waals surface area contributed by atoms with Crippen LogP contribution in [0.15, 0.2) is 33.9 Å². The van der Waals surface area contributed by atoms with Crippen molar-refractivity contribution in [2.75, 3.05) is 0 Å². The first-order chi connectivity index (χ1) is 6.50. The molecule has 0 radical (unpaired) electrons. The van der Waals surface area contributed by atoms with Gasteiger partial charge in [-0.15, -0.1) is 0 Å². The van der Waals surface area contributed by atoms with Crippen molar-refractivity contribution < 1.29 is 0 Å². The van der Waals surface area contributed by atoms with E-state index in [4.69, 9.17) is 11.6 Å². The minimum atomic E-state index is 0.588. The maximum absolute atomic E-state index is 6.30. The molecule has 0 bridgehead atoms. The van der Waals surface area contributed by atoms with Gasteiger partial charge < -0.3 is 0 Å². The number of hydrogen-bond acceptors (Lipinski definition) is 0. The second-order valence-corrected chi connectivity index (χ2v) is 4.87. The van der Waals surface area contributed by atoms with Crippen LogP contribution >= 0.6 is 11.6 Å². The smallest absolute Gasteiger partial charge is 0.0467 e. The second-order valence-electron chi connectivity index (χ2n) is 4.50. The Labute approximate surface area is 92.3 Å². The molecule has 0 aromatic rings. The van der Waals surface area contributed by atoms with Crippen LogP contribution in [0.5, 0.6) is 0 Å². The minimum absolute atomic E-state index is 0.588. The lowest BCUT2D eigenvalue weighted by Gasteiger charge is -2.00. The van der Waals surface area contributed by atoms with Crippen molar-refractivity contribution in [2.24, 2.45) is 5.92 Å². The van der Waals surface area contributed by atoms with Crippen LogP contribution in [0, 0.1) is 5.92 Å². The number of rotatable bonds is 2. The standard InChI is InChI=1S/C13H19Cl/c1-9(2)7-11-5-6-12(13(11)14)8-10(3)4/h7-9H,5-6H2,1-4H3/b11-7+. The van der Waals surface area contributed by atoms with Crippen LogP contribution < -0.4 is 0 Å². The van der Waals surface area contributed by atoms with Gasteiger partial charge >= 0.3 is 0 Å². The van der Waals surface area contributed by atoms with Gasteiger partial charge in [0.15, 0.2) is 0 Å². The lowest BCUT2D eigenvalue weighted by atomic mass is 10.1. The molecule has 0 unspecified atom stereocenters. The summed E-state index contributed by atoms with van der Waals surface area (Å²) in [5.41, 5.74) is 3.96. The summed E-state index contributed by atoms with van der Waals surface area (Å²) in [6, 6.07) is 0. The van der Waals surface area contributed by atoms with E-state index in [1.165, 1.54) is 16.7 Å². The van der Waals surface area contributed by atoms with Crippen LogP contribution in [0.2, 0.25) is 0 Å². The first-order valence-electron chi connectivity index (χ1n) is 5.25. The quantitative estimate of drug-likeness (QED) is 0.613. The zero-order valence-corrected chi connectivity index (χ0v) is 10.3. The zero-order chi connectivity index (χ0) is 10.7. The summed E-state index contributed by atoms with van der Waals surface area (Å²) in [5, 5.41) is 0.986. The molecule has 0 spiro atoms. The van der Waals surface area contributed by atoms with Crippen molar-refractivity contribution in [2.45, 2.75) is 40.5 Å². The van der Waals surface area contributed by atoms with Crippen molar-refractivity contribution in [3.63, 3.8) is 0 Å². The molecule has 0 N–H and O–H groups in total. The summed E-state index contributed by atoms with van der Waals surface area (Å²) in [6.45, 7) is 8.61. The Bertz CT molecular complexity index is 299. The average Bonchev–Trinajstić information content (AvgIpc) is 2.34. The molecular formula is C13H19Cl. The van der Waals surface area contributed by atoms with E-state index in [2.05, 4.69) is 39.8 Å². The third-order valence-corrected chi connectivity index (χ3v) is 2.71. The molecule has 0 saturated heterocycles. The Kier molecular flexibility index (Phi) is 4.00. The summed E-state index contributed by atoms with van der Waals surface area (Å²) in [4.78, 5) is 0. The van der Waals surface area contributed by atoms with Gasteiger partial charge in [-0.05, 0) is 43.8 Å². The highest BCUT2D eigenvalue weighted by Crippen LogP contribution is 2.35. The largest absolute Gasteiger partial charge is 0.0838 e. The highest BCUT2D eigenvalue weighted by molar-refractivity contribution is 6.32. The third kappa shape index (κ3) is 3.02.